The number of benzene rings is 2. The molecule has 1 amide bonds. The standard InChI is InChI=1S/C22H26FNO2S/c1-3-22(4-2)13-19(18-7-5-6-8-20(18)26-22)24-21(25)15-27-14-16-9-11-17(23)12-10-16/h5-12,19H,3-4,13-15H2,1-2H3,(H,24,25). The minimum Gasteiger partial charge on any atom is -0.487 e. The number of carbonyl (C=O) groups is 1. The van der Waals surface area contributed by atoms with Crippen LogP contribution in [0.3, 0.4) is 0 Å². The Balaban J connectivity index is 1.61. The Bertz CT molecular complexity index is 774. The highest BCUT2D eigenvalue weighted by Gasteiger charge is 2.38. The summed E-state index contributed by atoms with van der Waals surface area (Å²) in [5, 5.41) is 3.19. The van der Waals surface area contributed by atoms with Gasteiger partial charge in [0, 0.05) is 17.7 Å². The van der Waals surface area contributed by atoms with Crippen LogP contribution in [0, 0.1) is 5.82 Å². The number of thioether (sulfide) groups is 1. The average molecular weight is 388 g/mol. The lowest BCUT2D eigenvalue weighted by Gasteiger charge is -2.41. The summed E-state index contributed by atoms with van der Waals surface area (Å²) in [5.74, 6) is 1.71. The zero-order valence-corrected chi connectivity index (χ0v) is 16.7. The normalized spacial score (nSPS) is 17.7. The van der Waals surface area contributed by atoms with Gasteiger partial charge in [-0.1, -0.05) is 44.2 Å². The largest absolute Gasteiger partial charge is 0.487 e. The smallest absolute Gasteiger partial charge is 0.230 e. The van der Waals surface area contributed by atoms with Crippen LogP contribution in [0.4, 0.5) is 4.39 Å². The lowest BCUT2D eigenvalue weighted by atomic mass is 9.83. The third-order valence-corrected chi connectivity index (χ3v) is 6.24. The molecular formula is C22H26FNO2S. The van der Waals surface area contributed by atoms with Crippen molar-refractivity contribution in [3.8, 4) is 5.75 Å². The van der Waals surface area contributed by atoms with Crippen molar-refractivity contribution in [2.45, 2.75) is 50.5 Å². The minimum absolute atomic E-state index is 0.0184. The summed E-state index contributed by atoms with van der Waals surface area (Å²) in [5.41, 5.74) is 1.83. The van der Waals surface area contributed by atoms with Crippen LogP contribution in [-0.4, -0.2) is 17.3 Å². The van der Waals surface area contributed by atoms with Crippen molar-refractivity contribution in [1.82, 2.24) is 5.32 Å². The van der Waals surface area contributed by atoms with Gasteiger partial charge in [-0.15, -0.1) is 11.8 Å². The van der Waals surface area contributed by atoms with E-state index in [0.29, 0.717) is 11.5 Å². The average Bonchev–Trinajstić information content (AvgIpc) is 2.69. The number of rotatable bonds is 7. The molecule has 0 fully saturated rings. The third-order valence-electron chi connectivity index (χ3n) is 5.24. The molecule has 0 spiro atoms. The van der Waals surface area contributed by atoms with Crippen LogP contribution in [0.25, 0.3) is 0 Å². The highest BCUT2D eigenvalue weighted by Crippen LogP contribution is 2.42. The van der Waals surface area contributed by atoms with E-state index < -0.39 is 0 Å². The van der Waals surface area contributed by atoms with Gasteiger partial charge >= 0.3 is 0 Å². The fourth-order valence-corrected chi connectivity index (χ4v) is 4.31. The maximum Gasteiger partial charge on any atom is 0.230 e. The van der Waals surface area contributed by atoms with E-state index in [1.165, 1.54) is 23.9 Å². The first-order valence-corrected chi connectivity index (χ1v) is 10.6. The fourth-order valence-electron chi connectivity index (χ4n) is 3.51. The van der Waals surface area contributed by atoms with Crippen LogP contribution in [-0.2, 0) is 10.5 Å². The van der Waals surface area contributed by atoms with E-state index in [0.717, 1.165) is 36.1 Å². The molecule has 1 atom stereocenters. The van der Waals surface area contributed by atoms with Crippen molar-refractivity contribution in [3.05, 3.63) is 65.5 Å². The lowest BCUT2D eigenvalue weighted by Crippen LogP contribution is -2.44. The third kappa shape index (κ3) is 4.83. The molecule has 1 aliphatic rings. The highest BCUT2D eigenvalue weighted by atomic mass is 32.2. The first-order chi connectivity index (χ1) is 13.0. The summed E-state index contributed by atoms with van der Waals surface area (Å²) < 4.78 is 19.2. The zero-order chi connectivity index (χ0) is 19.3. The zero-order valence-electron chi connectivity index (χ0n) is 15.8. The van der Waals surface area contributed by atoms with Crippen molar-refractivity contribution < 1.29 is 13.9 Å². The number of ether oxygens (including phenoxy) is 1. The van der Waals surface area contributed by atoms with Gasteiger partial charge in [-0.2, -0.15) is 0 Å². The number of fused-ring (bicyclic) bond motifs is 1. The van der Waals surface area contributed by atoms with Crippen molar-refractivity contribution in [2.75, 3.05) is 5.75 Å². The predicted octanol–water partition coefficient (Wildman–Crippen LogP) is 5.26. The quantitative estimate of drug-likeness (QED) is 0.704. The van der Waals surface area contributed by atoms with Crippen LogP contribution in [0.15, 0.2) is 48.5 Å². The summed E-state index contributed by atoms with van der Waals surface area (Å²) >= 11 is 1.54. The molecule has 0 saturated heterocycles. The molecule has 2 aromatic carbocycles. The Kier molecular flexibility index (Phi) is 6.42. The molecule has 1 heterocycles. The van der Waals surface area contributed by atoms with E-state index in [2.05, 4.69) is 19.2 Å². The monoisotopic (exact) mass is 387 g/mol. The van der Waals surface area contributed by atoms with Gasteiger partial charge in [0.05, 0.1) is 11.8 Å². The maximum absolute atomic E-state index is 13.0. The molecule has 0 radical (unpaired) electrons. The van der Waals surface area contributed by atoms with Gasteiger partial charge in [0.2, 0.25) is 5.91 Å². The number of carbonyl (C=O) groups excluding carboxylic acids is 1. The van der Waals surface area contributed by atoms with E-state index in [9.17, 15) is 9.18 Å². The van der Waals surface area contributed by atoms with Crippen LogP contribution < -0.4 is 10.1 Å². The second kappa shape index (κ2) is 8.79. The van der Waals surface area contributed by atoms with E-state index in [-0.39, 0.29) is 23.4 Å². The molecule has 144 valence electrons. The molecule has 5 heteroatoms. The number of nitrogens with one attached hydrogen (secondary N) is 1. The van der Waals surface area contributed by atoms with E-state index >= 15 is 0 Å². The number of para-hydroxylation sites is 1. The van der Waals surface area contributed by atoms with Gasteiger partial charge in [0.1, 0.15) is 17.2 Å². The van der Waals surface area contributed by atoms with Crippen molar-refractivity contribution in [3.63, 3.8) is 0 Å². The molecule has 27 heavy (non-hydrogen) atoms. The van der Waals surface area contributed by atoms with Gasteiger partial charge in [0.25, 0.3) is 0 Å². The number of hydrogen-bond donors (Lipinski definition) is 1. The summed E-state index contributed by atoms with van der Waals surface area (Å²) in [6, 6.07) is 14.3. The number of halogens is 1. The molecule has 0 saturated carbocycles. The summed E-state index contributed by atoms with van der Waals surface area (Å²) in [7, 11) is 0. The molecule has 0 aliphatic carbocycles. The van der Waals surface area contributed by atoms with Gasteiger partial charge in [0.15, 0.2) is 0 Å². The van der Waals surface area contributed by atoms with Crippen LogP contribution >= 0.6 is 11.8 Å². The Labute approximate surface area is 164 Å². The Morgan fingerprint density at radius 3 is 2.59 bits per heavy atom. The molecule has 0 aromatic heterocycles. The first kappa shape index (κ1) is 19.7. The summed E-state index contributed by atoms with van der Waals surface area (Å²) in [6.45, 7) is 4.27. The Hall–Kier alpha value is -2.01. The number of amides is 1. The molecule has 1 unspecified atom stereocenters. The van der Waals surface area contributed by atoms with Gasteiger partial charge in [-0.25, -0.2) is 4.39 Å². The predicted molar refractivity (Wildman–Crippen MR) is 108 cm³/mol. The Morgan fingerprint density at radius 1 is 1.19 bits per heavy atom. The molecule has 3 nitrogen and oxygen atoms in total. The summed E-state index contributed by atoms with van der Waals surface area (Å²) in [6.07, 6.45) is 2.60. The molecule has 0 bridgehead atoms. The summed E-state index contributed by atoms with van der Waals surface area (Å²) in [4.78, 5) is 12.5. The first-order valence-electron chi connectivity index (χ1n) is 9.45. The molecule has 1 N–H and O–H groups in total. The van der Waals surface area contributed by atoms with E-state index in [4.69, 9.17) is 4.74 Å². The van der Waals surface area contributed by atoms with Crippen LogP contribution in [0.1, 0.15) is 50.3 Å². The lowest BCUT2D eigenvalue weighted by molar-refractivity contribution is -0.120. The second-order valence-electron chi connectivity index (χ2n) is 6.97. The molecule has 3 rings (SSSR count). The Morgan fingerprint density at radius 2 is 1.89 bits per heavy atom. The van der Waals surface area contributed by atoms with Crippen molar-refractivity contribution in [1.29, 1.82) is 0 Å². The van der Waals surface area contributed by atoms with E-state index in [1.54, 1.807) is 12.1 Å². The topological polar surface area (TPSA) is 38.3 Å². The van der Waals surface area contributed by atoms with Crippen LogP contribution in [0.5, 0.6) is 5.75 Å². The molecule has 1 aliphatic heterocycles. The second-order valence-corrected chi connectivity index (χ2v) is 7.96. The van der Waals surface area contributed by atoms with Crippen molar-refractivity contribution >= 4 is 17.7 Å². The molecule has 2 aromatic rings. The van der Waals surface area contributed by atoms with Crippen LogP contribution in [0.2, 0.25) is 0 Å². The molecular weight excluding hydrogens is 361 g/mol. The number of hydrogen-bond acceptors (Lipinski definition) is 3. The van der Waals surface area contributed by atoms with E-state index in [1.807, 2.05) is 24.3 Å². The van der Waals surface area contributed by atoms with Gasteiger partial charge in [-0.05, 0) is 36.6 Å². The highest BCUT2D eigenvalue weighted by molar-refractivity contribution is 7.99. The fraction of sp³-hybridized carbons (Fsp3) is 0.409. The van der Waals surface area contributed by atoms with Gasteiger partial charge in [-0.3, -0.25) is 4.79 Å². The van der Waals surface area contributed by atoms with Crippen molar-refractivity contribution in [2.24, 2.45) is 0 Å². The SMILES string of the molecule is CCC1(CC)CC(NC(=O)CSCc2ccc(F)cc2)c2ccccc2O1. The van der Waals surface area contributed by atoms with Gasteiger partial charge < -0.3 is 10.1 Å². The minimum atomic E-state index is -0.241. The maximum atomic E-state index is 13.0.